The molecule has 1 aromatic rings. The third-order valence-electron chi connectivity index (χ3n) is 2.99. The van der Waals surface area contributed by atoms with Crippen LogP contribution in [0.25, 0.3) is 6.08 Å². The van der Waals surface area contributed by atoms with Gasteiger partial charge in [-0.1, -0.05) is 36.4 Å². The molecule has 1 fully saturated rings. The zero-order valence-corrected chi connectivity index (χ0v) is 7.90. The van der Waals surface area contributed by atoms with Gasteiger partial charge < -0.3 is 4.74 Å². The average Bonchev–Trinajstić information content (AvgIpc) is 2.29. The van der Waals surface area contributed by atoms with Crippen LogP contribution < -0.4 is 0 Å². The first kappa shape index (κ1) is 8.41. The second-order valence-electron chi connectivity index (χ2n) is 3.86. The summed E-state index contributed by atoms with van der Waals surface area (Å²) in [4.78, 5) is 22.7. The fourth-order valence-corrected chi connectivity index (χ4v) is 2.03. The second-order valence-corrected chi connectivity index (χ2v) is 3.86. The number of ether oxygens (including phenoxy) is 1. The van der Waals surface area contributed by atoms with E-state index < -0.39 is 17.4 Å². The highest BCUT2D eigenvalue weighted by atomic mass is 16.6. The molecular weight excluding hydrogens is 192 g/mol. The van der Waals surface area contributed by atoms with Gasteiger partial charge in [0.1, 0.15) is 0 Å². The fraction of sp³-hybridized carbons (Fsp3) is 0.167. The Balaban J connectivity index is 2.09. The van der Waals surface area contributed by atoms with Crippen molar-refractivity contribution in [3.05, 3.63) is 41.5 Å². The molecule has 1 aliphatic heterocycles. The molecule has 1 saturated heterocycles. The monoisotopic (exact) mass is 200 g/mol. The van der Waals surface area contributed by atoms with Crippen molar-refractivity contribution in [1.82, 2.24) is 0 Å². The van der Waals surface area contributed by atoms with E-state index in [0.717, 1.165) is 11.1 Å². The molecule has 15 heavy (non-hydrogen) atoms. The molecule has 0 radical (unpaired) electrons. The maximum absolute atomic E-state index is 11.3. The van der Waals surface area contributed by atoms with Gasteiger partial charge in [-0.05, 0) is 11.1 Å². The Morgan fingerprint density at radius 2 is 1.87 bits per heavy atom. The van der Waals surface area contributed by atoms with Crippen LogP contribution in [0, 0.1) is 5.41 Å². The lowest BCUT2D eigenvalue weighted by molar-refractivity contribution is -0.191. The lowest BCUT2D eigenvalue weighted by Gasteiger charge is -2.35. The molecule has 0 atom stereocenters. The van der Waals surface area contributed by atoms with E-state index in [-0.39, 0.29) is 0 Å². The molecule has 0 N–H and O–H groups in total. The van der Waals surface area contributed by atoms with Crippen molar-refractivity contribution in [3.8, 4) is 0 Å². The predicted molar refractivity (Wildman–Crippen MR) is 52.7 cm³/mol. The summed E-state index contributed by atoms with van der Waals surface area (Å²) < 4.78 is 4.42. The lowest BCUT2D eigenvalue weighted by atomic mass is 9.73. The normalized spacial score (nSPS) is 20.8. The molecule has 1 aromatic carbocycles. The molecule has 0 bridgehead atoms. The first-order valence-corrected chi connectivity index (χ1v) is 4.76. The zero-order chi connectivity index (χ0) is 10.5. The third-order valence-corrected chi connectivity index (χ3v) is 2.99. The van der Waals surface area contributed by atoms with Gasteiger partial charge in [0.25, 0.3) is 0 Å². The van der Waals surface area contributed by atoms with E-state index >= 15 is 0 Å². The molecule has 1 aliphatic carbocycles. The van der Waals surface area contributed by atoms with Crippen molar-refractivity contribution in [2.45, 2.75) is 6.42 Å². The first-order chi connectivity index (χ1) is 7.22. The number of hydrogen-bond donors (Lipinski definition) is 0. The molecule has 3 rings (SSSR count). The third kappa shape index (κ3) is 0.947. The topological polar surface area (TPSA) is 43.4 Å². The molecule has 1 heterocycles. The van der Waals surface area contributed by atoms with Gasteiger partial charge >= 0.3 is 11.9 Å². The summed E-state index contributed by atoms with van der Waals surface area (Å²) in [5.74, 6) is -0.864. The summed E-state index contributed by atoms with van der Waals surface area (Å²) in [7, 11) is 0. The van der Waals surface area contributed by atoms with E-state index in [2.05, 4.69) is 4.74 Å². The SMILES string of the molecule is O=C1OC(=O)C12C=Cc1ccccc1C2. The van der Waals surface area contributed by atoms with Crippen molar-refractivity contribution in [1.29, 1.82) is 0 Å². The Morgan fingerprint density at radius 3 is 2.60 bits per heavy atom. The summed E-state index contributed by atoms with van der Waals surface area (Å²) in [6, 6.07) is 7.73. The number of benzene rings is 1. The number of carbonyl (C=O) groups excluding carboxylic acids is 2. The van der Waals surface area contributed by atoms with Gasteiger partial charge in [-0.15, -0.1) is 0 Å². The van der Waals surface area contributed by atoms with Crippen LogP contribution in [0.2, 0.25) is 0 Å². The molecule has 0 aromatic heterocycles. The van der Waals surface area contributed by atoms with Gasteiger partial charge in [0.2, 0.25) is 0 Å². The quantitative estimate of drug-likeness (QED) is 0.468. The van der Waals surface area contributed by atoms with Crippen molar-refractivity contribution >= 4 is 18.0 Å². The number of carbonyl (C=O) groups is 2. The maximum atomic E-state index is 11.3. The fourth-order valence-electron chi connectivity index (χ4n) is 2.03. The molecule has 3 nitrogen and oxygen atoms in total. The van der Waals surface area contributed by atoms with Crippen molar-refractivity contribution < 1.29 is 14.3 Å². The molecule has 0 amide bonds. The highest BCUT2D eigenvalue weighted by Crippen LogP contribution is 2.40. The van der Waals surface area contributed by atoms with E-state index in [0.29, 0.717) is 6.42 Å². The minimum absolute atomic E-state index is 0.428. The lowest BCUT2D eigenvalue weighted by Crippen LogP contribution is -2.54. The smallest absolute Gasteiger partial charge is 0.335 e. The molecular formula is C12H8O3. The van der Waals surface area contributed by atoms with Gasteiger partial charge in [0.15, 0.2) is 5.41 Å². The Morgan fingerprint density at radius 1 is 1.13 bits per heavy atom. The molecule has 0 unspecified atom stereocenters. The molecule has 3 heteroatoms. The van der Waals surface area contributed by atoms with Crippen LogP contribution in [0.3, 0.4) is 0 Å². The number of rotatable bonds is 0. The van der Waals surface area contributed by atoms with Crippen molar-refractivity contribution in [2.24, 2.45) is 5.41 Å². The minimum atomic E-state index is -1.02. The van der Waals surface area contributed by atoms with Gasteiger partial charge in [0.05, 0.1) is 0 Å². The van der Waals surface area contributed by atoms with E-state index in [1.54, 1.807) is 6.08 Å². The van der Waals surface area contributed by atoms with E-state index in [1.165, 1.54) is 0 Å². The maximum Gasteiger partial charge on any atom is 0.335 e. The largest absolute Gasteiger partial charge is 0.391 e. The molecule has 74 valence electrons. The van der Waals surface area contributed by atoms with Gasteiger partial charge in [-0.2, -0.15) is 0 Å². The van der Waals surface area contributed by atoms with Gasteiger partial charge in [-0.25, -0.2) is 9.59 Å². The molecule has 1 spiro atoms. The van der Waals surface area contributed by atoms with Crippen LogP contribution in [0.15, 0.2) is 30.3 Å². The van der Waals surface area contributed by atoms with Gasteiger partial charge in [-0.3, -0.25) is 0 Å². The summed E-state index contributed by atoms with van der Waals surface area (Å²) in [5.41, 5.74) is 1.06. The highest BCUT2D eigenvalue weighted by Gasteiger charge is 2.57. The summed E-state index contributed by atoms with van der Waals surface area (Å²) in [5, 5.41) is 0. The second kappa shape index (κ2) is 2.57. The number of fused-ring (bicyclic) bond motifs is 1. The average molecular weight is 200 g/mol. The van der Waals surface area contributed by atoms with Crippen LogP contribution in [0.5, 0.6) is 0 Å². The standard InChI is InChI=1S/C12H8O3/c13-10-12(11(14)15-10)6-5-8-3-1-2-4-9(8)7-12/h1-6H,7H2. The highest BCUT2D eigenvalue weighted by molar-refractivity contribution is 6.16. The van der Waals surface area contributed by atoms with E-state index in [1.807, 2.05) is 30.3 Å². The summed E-state index contributed by atoms with van der Waals surface area (Å²) in [6.45, 7) is 0. The van der Waals surface area contributed by atoms with Crippen LogP contribution >= 0.6 is 0 Å². The summed E-state index contributed by atoms with van der Waals surface area (Å²) >= 11 is 0. The van der Waals surface area contributed by atoms with E-state index in [9.17, 15) is 9.59 Å². The van der Waals surface area contributed by atoms with E-state index in [4.69, 9.17) is 0 Å². The Kier molecular flexibility index (Phi) is 1.44. The number of esters is 2. The zero-order valence-electron chi connectivity index (χ0n) is 7.90. The number of cyclic esters (lactones) is 2. The predicted octanol–water partition coefficient (Wildman–Crippen LogP) is 1.33. The van der Waals surface area contributed by atoms with Crippen LogP contribution in [0.4, 0.5) is 0 Å². The summed E-state index contributed by atoms with van der Waals surface area (Å²) in [6.07, 6.45) is 3.90. The first-order valence-electron chi connectivity index (χ1n) is 4.76. The van der Waals surface area contributed by atoms with Gasteiger partial charge in [0, 0.05) is 6.42 Å². The number of hydrogen-bond acceptors (Lipinski definition) is 3. The Labute approximate surface area is 86.4 Å². The molecule has 0 saturated carbocycles. The van der Waals surface area contributed by atoms with Crippen LogP contribution in [-0.4, -0.2) is 11.9 Å². The Bertz CT molecular complexity index is 485. The Hall–Kier alpha value is -1.90. The minimum Gasteiger partial charge on any atom is -0.391 e. The van der Waals surface area contributed by atoms with Crippen molar-refractivity contribution in [3.63, 3.8) is 0 Å². The molecule has 2 aliphatic rings. The van der Waals surface area contributed by atoms with Crippen LogP contribution in [-0.2, 0) is 20.7 Å². The van der Waals surface area contributed by atoms with Crippen molar-refractivity contribution in [2.75, 3.05) is 0 Å². The van der Waals surface area contributed by atoms with Crippen LogP contribution in [0.1, 0.15) is 11.1 Å².